The van der Waals surface area contributed by atoms with Gasteiger partial charge in [-0.2, -0.15) is 0 Å². The predicted molar refractivity (Wildman–Crippen MR) is 87.7 cm³/mol. The molecule has 3 N–H and O–H groups in total. The molecule has 0 aromatic carbocycles. The van der Waals surface area contributed by atoms with E-state index < -0.39 is 0 Å². The van der Waals surface area contributed by atoms with Crippen molar-refractivity contribution in [2.24, 2.45) is 4.99 Å². The highest BCUT2D eigenvalue weighted by atomic mass is 32.1. The third-order valence-electron chi connectivity index (χ3n) is 2.63. The smallest absolute Gasteiger partial charge is 0.239 e. The molecule has 1 aromatic rings. The minimum atomic E-state index is -0.231. The lowest BCUT2D eigenvalue weighted by molar-refractivity contribution is -0.121. The molecule has 1 rings (SSSR count). The number of aromatic nitrogens is 1. The van der Waals surface area contributed by atoms with E-state index in [1.54, 1.807) is 18.4 Å². The van der Waals surface area contributed by atoms with Crippen LogP contribution < -0.4 is 16.0 Å². The number of aryl methyl sites for hydroxylation is 2. The van der Waals surface area contributed by atoms with Crippen LogP contribution in [0.3, 0.4) is 0 Å². The molecule has 6 nitrogen and oxygen atoms in total. The molecule has 1 aromatic heterocycles. The van der Waals surface area contributed by atoms with Gasteiger partial charge in [-0.15, -0.1) is 11.3 Å². The number of guanidine groups is 1. The molecule has 0 aliphatic heterocycles. The summed E-state index contributed by atoms with van der Waals surface area (Å²) in [4.78, 5) is 21.5. The largest absolute Gasteiger partial charge is 0.350 e. The van der Waals surface area contributed by atoms with Crippen LogP contribution in [0.15, 0.2) is 4.99 Å². The summed E-state index contributed by atoms with van der Waals surface area (Å²) in [5.74, 6) is 0.524. The number of nitrogens with zero attached hydrogens (tertiary/aromatic N) is 2. The Morgan fingerprint density at radius 3 is 2.43 bits per heavy atom. The van der Waals surface area contributed by atoms with Crippen LogP contribution in [-0.2, 0) is 11.3 Å². The molecule has 21 heavy (non-hydrogen) atoms. The number of nitrogens with one attached hydrogen (secondary N) is 3. The number of aliphatic imine (C=N–C) groups is 1. The molecule has 0 atom stereocenters. The number of hydrogen-bond donors (Lipinski definition) is 3. The molecule has 0 fully saturated rings. The van der Waals surface area contributed by atoms with Crippen LogP contribution in [0, 0.1) is 13.8 Å². The quantitative estimate of drug-likeness (QED) is 0.579. The second-order valence-corrected chi connectivity index (χ2v) is 7.11. The van der Waals surface area contributed by atoms with Gasteiger partial charge in [0.25, 0.3) is 0 Å². The van der Waals surface area contributed by atoms with Crippen LogP contribution in [0.25, 0.3) is 0 Å². The molecule has 0 aliphatic rings. The zero-order valence-electron chi connectivity index (χ0n) is 13.6. The number of thiazole rings is 1. The third kappa shape index (κ3) is 6.57. The van der Waals surface area contributed by atoms with Crippen molar-refractivity contribution < 1.29 is 4.79 Å². The monoisotopic (exact) mass is 311 g/mol. The van der Waals surface area contributed by atoms with Crippen LogP contribution in [0.2, 0.25) is 0 Å². The molecule has 0 unspecified atom stereocenters. The molecule has 0 saturated carbocycles. The Balaban J connectivity index is 2.41. The van der Waals surface area contributed by atoms with Crippen molar-refractivity contribution >= 4 is 23.2 Å². The van der Waals surface area contributed by atoms with Gasteiger partial charge in [-0.3, -0.25) is 9.79 Å². The maximum absolute atomic E-state index is 11.7. The Hall–Kier alpha value is -1.63. The van der Waals surface area contributed by atoms with E-state index in [-0.39, 0.29) is 18.0 Å². The normalized spacial score (nSPS) is 12.2. The van der Waals surface area contributed by atoms with Crippen LogP contribution in [0.4, 0.5) is 0 Å². The first-order chi connectivity index (χ1) is 9.71. The molecule has 0 radical (unpaired) electrons. The van der Waals surface area contributed by atoms with E-state index in [2.05, 4.69) is 32.9 Å². The Morgan fingerprint density at radius 2 is 1.95 bits per heavy atom. The van der Waals surface area contributed by atoms with Crippen LogP contribution in [0.1, 0.15) is 36.3 Å². The molecule has 0 aliphatic carbocycles. The van der Waals surface area contributed by atoms with Gasteiger partial charge in [0.1, 0.15) is 5.01 Å². The molecule has 0 saturated heterocycles. The Labute approximate surface area is 130 Å². The summed E-state index contributed by atoms with van der Waals surface area (Å²) in [6, 6.07) is 0. The predicted octanol–water partition coefficient (Wildman–Crippen LogP) is 1.34. The SMILES string of the molecule is CN=C(NCC(=O)NC(C)(C)C)NCc1nc(C)c(C)s1. The molecule has 0 bridgehead atoms. The number of hydrogen-bond acceptors (Lipinski definition) is 4. The first-order valence-corrected chi connectivity index (χ1v) is 7.71. The lowest BCUT2D eigenvalue weighted by atomic mass is 10.1. The van der Waals surface area contributed by atoms with Gasteiger partial charge in [-0.05, 0) is 34.6 Å². The topological polar surface area (TPSA) is 78.4 Å². The minimum absolute atomic E-state index is 0.0635. The van der Waals surface area contributed by atoms with Gasteiger partial charge in [0.15, 0.2) is 5.96 Å². The first kappa shape index (κ1) is 17.4. The van der Waals surface area contributed by atoms with Gasteiger partial charge >= 0.3 is 0 Å². The van der Waals surface area contributed by atoms with Crippen LogP contribution in [-0.4, -0.2) is 36.0 Å². The highest BCUT2D eigenvalue weighted by molar-refractivity contribution is 7.11. The zero-order chi connectivity index (χ0) is 16.0. The van der Waals surface area contributed by atoms with Crippen LogP contribution >= 0.6 is 11.3 Å². The van der Waals surface area contributed by atoms with Gasteiger partial charge in [-0.25, -0.2) is 4.98 Å². The summed E-state index contributed by atoms with van der Waals surface area (Å²) < 4.78 is 0. The molecule has 118 valence electrons. The Morgan fingerprint density at radius 1 is 1.29 bits per heavy atom. The van der Waals surface area contributed by atoms with Gasteiger partial charge < -0.3 is 16.0 Å². The van der Waals surface area contributed by atoms with Gasteiger partial charge in [0.05, 0.1) is 18.8 Å². The summed E-state index contributed by atoms with van der Waals surface area (Å²) in [6.07, 6.45) is 0. The lowest BCUT2D eigenvalue weighted by Gasteiger charge is -2.21. The average molecular weight is 311 g/mol. The fraction of sp³-hybridized carbons (Fsp3) is 0.643. The molecular formula is C14H25N5OS. The lowest BCUT2D eigenvalue weighted by Crippen LogP contribution is -2.48. The van der Waals surface area contributed by atoms with Gasteiger partial charge in [0, 0.05) is 17.5 Å². The maximum atomic E-state index is 11.7. The van der Waals surface area contributed by atoms with Crippen molar-refractivity contribution in [1.82, 2.24) is 20.9 Å². The molecule has 1 heterocycles. The fourth-order valence-electron chi connectivity index (χ4n) is 1.62. The van der Waals surface area contributed by atoms with E-state index in [0.717, 1.165) is 10.7 Å². The highest BCUT2D eigenvalue weighted by Gasteiger charge is 2.13. The highest BCUT2D eigenvalue weighted by Crippen LogP contribution is 2.15. The molecule has 7 heteroatoms. The fourth-order valence-corrected chi connectivity index (χ4v) is 2.49. The third-order valence-corrected chi connectivity index (χ3v) is 3.71. The van der Waals surface area contributed by atoms with Crippen LogP contribution in [0.5, 0.6) is 0 Å². The minimum Gasteiger partial charge on any atom is -0.350 e. The summed E-state index contributed by atoms with van der Waals surface area (Å²) in [7, 11) is 1.68. The second kappa shape index (κ2) is 7.40. The van der Waals surface area contributed by atoms with E-state index in [1.807, 2.05) is 27.7 Å². The molecule has 1 amide bonds. The average Bonchev–Trinajstić information content (AvgIpc) is 2.67. The van der Waals surface area contributed by atoms with Crippen molar-refractivity contribution in [3.8, 4) is 0 Å². The number of rotatable bonds is 4. The maximum Gasteiger partial charge on any atom is 0.239 e. The molecule has 0 spiro atoms. The number of carbonyl (C=O) groups is 1. The number of amides is 1. The molecular weight excluding hydrogens is 286 g/mol. The van der Waals surface area contributed by atoms with Crippen molar-refractivity contribution in [3.63, 3.8) is 0 Å². The van der Waals surface area contributed by atoms with Crippen molar-refractivity contribution in [2.75, 3.05) is 13.6 Å². The number of carbonyl (C=O) groups excluding carboxylic acids is 1. The standard InChI is InChI=1S/C14H25N5OS/c1-9-10(2)21-12(18-9)8-17-13(15-6)16-7-11(20)19-14(3,4)5/h7-8H2,1-6H3,(H,19,20)(H2,15,16,17). The first-order valence-electron chi connectivity index (χ1n) is 6.89. The van der Waals surface area contributed by atoms with Gasteiger partial charge in [0.2, 0.25) is 5.91 Å². The Kier molecular flexibility index (Phi) is 6.14. The van der Waals surface area contributed by atoms with Crippen molar-refractivity contribution in [3.05, 3.63) is 15.6 Å². The van der Waals surface area contributed by atoms with E-state index in [1.165, 1.54) is 4.88 Å². The van der Waals surface area contributed by atoms with E-state index in [4.69, 9.17) is 0 Å². The zero-order valence-corrected chi connectivity index (χ0v) is 14.4. The van der Waals surface area contributed by atoms with Gasteiger partial charge in [-0.1, -0.05) is 0 Å². The van der Waals surface area contributed by atoms with Crippen molar-refractivity contribution in [1.29, 1.82) is 0 Å². The van der Waals surface area contributed by atoms with E-state index in [0.29, 0.717) is 12.5 Å². The van der Waals surface area contributed by atoms with E-state index in [9.17, 15) is 4.79 Å². The Bertz CT molecular complexity index is 496. The van der Waals surface area contributed by atoms with E-state index >= 15 is 0 Å². The summed E-state index contributed by atoms with van der Waals surface area (Å²) in [5.41, 5.74) is 0.829. The second-order valence-electron chi connectivity index (χ2n) is 5.83. The summed E-state index contributed by atoms with van der Waals surface area (Å²) in [6.45, 7) is 10.7. The summed E-state index contributed by atoms with van der Waals surface area (Å²) in [5, 5.41) is 10.0. The summed E-state index contributed by atoms with van der Waals surface area (Å²) >= 11 is 1.66. The van der Waals surface area contributed by atoms with Crippen molar-refractivity contribution in [2.45, 2.75) is 46.7 Å².